The Balaban J connectivity index is 2.13. The van der Waals surface area contributed by atoms with Gasteiger partial charge in [-0.1, -0.05) is 13.8 Å². The number of anilines is 1. The maximum atomic E-state index is 11.5. The van der Waals surface area contributed by atoms with Crippen LogP contribution in [0.2, 0.25) is 0 Å². The number of carbonyl (C=O) groups is 1. The molecule has 0 saturated carbocycles. The summed E-state index contributed by atoms with van der Waals surface area (Å²) in [5.74, 6) is 1.10. The SMILES string of the molecule is COC(=O)c1nc(N2CCC(C(C)C)C2)sc1C. The molecular weight excluding hydrogens is 248 g/mol. The molecule has 1 fully saturated rings. The van der Waals surface area contributed by atoms with Crippen molar-refractivity contribution in [3.8, 4) is 0 Å². The van der Waals surface area contributed by atoms with E-state index < -0.39 is 0 Å². The van der Waals surface area contributed by atoms with Gasteiger partial charge < -0.3 is 9.64 Å². The van der Waals surface area contributed by atoms with Gasteiger partial charge in [0.15, 0.2) is 10.8 Å². The molecule has 0 amide bonds. The fraction of sp³-hybridized carbons (Fsp3) is 0.692. The third kappa shape index (κ3) is 2.51. The first-order valence-corrected chi connectivity index (χ1v) is 7.15. The number of aryl methyl sites for hydroxylation is 1. The number of methoxy groups -OCH3 is 1. The molecule has 1 unspecified atom stereocenters. The summed E-state index contributed by atoms with van der Waals surface area (Å²) in [7, 11) is 1.39. The van der Waals surface area contributed by atoms with Gasteiger partial charge >= 0.3 is 5.97 Å². The summed E-state index contributed by atoms with van der Waals surface area (Å²) in [5.41, 5.74) is 0.463. The summed E-state index contributed by atoms with van der Waals surface area (Å²) in [6, 6.07) is 0. The van der Waals surface area contributed by atoms with Crippen molar-refractivity contribution in [2.75, 3.05) is 25.1 Å². The van der Waals surface area contributed by atoms with Crippen LogP contribution in [-0.4, -0.2) is 31.2 Å². The van der Waals surface area contributed by atoms with Gasteiger partial charge in [0.05, 0.1) is 7.11 Å². The molecule has 2 rings (SSSR count). The van der Waals surface area contributed by atoms with Crippen LogP contribution in [0, 0.1) is 18.8 Å². The highest BCUT2D eigenvalue weighted by atomic mass is 32.1. The lowest BCUT2D eigenvalue weighted by Gasteiger charge is -2.16. The molecule has 0 aromatic carbocycles. The second-order valence-corrected chi connectivity index (χ2v) is 6.31. The van der Waals surface area contributed by atoms with Crippen molar-refractivity contribution >= 4 is 22.4 Å². The summed E-state index contributed by atoms with van der Waals surface area (Å²) < 4.78 is 4.74. The van der Waals surface area contributed by atoms with Crippen LogP contribution in [0.4, 0.5) is 5.13 Å². The van der Waals surface area contributed by atoms with Gasteiger partial charge in [-0.2, -0.15) is 0 Å². The number of nitrogens with zero attached hydrogens (tertiary/aromatic N) is 2. The van der Waals surface area contributed by atoms with E-state index in [1.54, 1.807) is 11.3 Å². The van der Waals surface area contributed by atoms with Gasteiger partial charge in [-0.05, 0) is 25.2 Å². The van der Waals surface area contributed by atoms with Crippen molar-refractivity contribution < 1.29 is 9.53 Å². The van der Waals surface area contributed by atoms with Gasteiger partial charge in [0, 0.05) is 18.0 Å². The summed E-state index contributed by atoms with van der Waals surface area (Å²) in [5, 5.41) is 0.955. The lowest BCUT2D eigenvalue weighted by atomic mass is 9.95. The largest absolute Gasteiger partial charge is 0.464 e. The molecule has 0 aliphatic carbocycles. The minimum absolute atomic E-state index is 0.338. The molecule has 5 heteroatoms. The van der Waals surface area contributed by atoms with E-state index in [2.05, 4.69) is 23.7 Å². The number of carbonyl (C=O) groups excluding carboxylic acids is 1. The highest BCUT2D eigenvalue weighted by Gasteiger charge is 2.28. The molecule has 0 spiro atoms. The molecule has 1 aromatic rings. The molecule has 2 heterocycles. The summed E-state index contributed by atoms with van der Waals surface area (Å²) >= 11 is 1.58. The van der Waals surface area contributed by atoms with Gasteiger partial charge in [-0.25, -0.2) is 9.78 Å². The summed E-state index contributed by atoms with van der Waals surface area (Å²) in [4.78, 5) is 19.2. The minimum Gasteiger partial charge on any atom is -0.464 e. The van der Waals surface area contributed by atoms with Crippen molar-refractivity contribution in [1.82, 2.24) is 4.98 Å². The molecular formula is C13H20N2O2S. The van der Waals surface area contributed by atoms with Crippen LogP contribution in [-0.2, 0) is 4.74 Å². The van der Waals surface area contributed by atoms with Crippen LogP contribution in [0.5, 0.6) is 0 Å². The zero-order valence-electron chi connectivity index (χ0n) is 11.4. The highest BCUT2D eigenvalue weighted by molar-refractivity contribution is 7.15. The van der Waals surface area contributed by atoms with Crippen molar-refractivity contribution in [1.29, 1.82) is 0 Å². The predicted molar refractivity (Wildman–Crippen MR) is 73.3 cm³/mol. The second-order valence-electron chi connectivity index (χ2n) is 5.13. The normalized spacial score (nSPS) is 19.6. The lowest BCUT2D eigenvalue weighted by Crippen LogP contribution is -2.21. The fourth-order valence-electron chi connectivity index (χ4n) is 2.31. The Kier molecular flexibility index (Phi) is 3.90. The average Bonchev–Trinajstić information content (AvgIpc) is 2.94. The van der Waals surface area contributed by atoms with Crippen LogP contribution in [0.15, 0.2) is 0 Å². The Morgan fingerprint density at radius 3 is 2.83 bits per heavy atom. The number of hydrogen-bond acceptors (Lipinski definition) is 5. The Morgan fingerprint density at radius 2 is 2.28 bits per heavy atom. The molecule has 1 saturated heterocycles. The molecule has 0 radical (unpaired) electrons. The van der Waals surface area contributed by atoms with Gasteiger partial charge in [0.1, 0.15) is 0 Å². The van der Waals surface area contributed by atoms with E-state index in [9.17, 15) is 4.79 Å². The van der Waals surface area contributed by atoms with Crippen LogP contribution < -0.4 is 4.90 Å². The summed E-state index contributed by atoms with van der Waals surface area (Å²) in [6.07, 6.45) is 1.21. The number of esters is 1. The molecule has 1 aromatic heterocycles. The summed E-state index contributed by atoms with van der Waals surface area (Å²) in [6.45, 7) is 8.54. The second kappa shape index (κ2) is 5.26. The van der Waals surface area contributed by atoms with E-state index in [4.69, 9.17) is 4.74 Å². The van der Waals surface area contributed by atoms with Crippen molar-refractivity contribution in [3.05, 3.63) is 10.6 Å². The maximum Gasteiger partial charge on any atom is 0.357 e. The Bertz CT molecular complexity index is 442. The topological polar surface area (TPSA) is 42.4 Å². The molecule has 18 heavy (non-hydrogen) atoms. The fourth-order valence-corrected chi connectivity index (χ4v) is 3.24. The smallest absolute Gasteiger partial charge is 0.357 e. The van der Waals surface area contributed by atoms with Gasteiger partial charge in [-0.3, -0.25) is 0 Å². The number of ether oxygens (including phenoxy) is 1. The molecule has 4 nitrogen and oxygen atoms in total. The monoisotopic (exact) mass is 268 g/mol. The van der Waals surface area contributed by atoms with E-state index in [1.165, 1.54) is 13.5 Å². The Labute approximate surface area is 112 Å². The molecule has 1 aliphatic rings. The maximum absolute atomic E-state index is 11.5. The first-order valence-electron chi connectivity index (χ1n) is 6.33. The van der Waals surface area contributed by atoms with Crippen LogP contribution in [0.25, 0.3) is 0 Å². The number of rotatable bonds is 3. The van der Waals surface area contributed by atoms with E-state index in [1.807, 2.05) is 6.92 Å². The first kappa shape index (κ1) is 13.3. The van der Waals surface area contributed by atoms with Crippen molar-refractivity contribution in [2.45, 2.75) is 27.2 Å². The molecule has 0 bridgehead atoms. The number of thiazole rings is 1. The van der Waals surface area contributed by atoms with E-state index in [0.29, 0.717) is 11.6 Å². The van der Waals surface area contributed by atoms with Crippen LogP contribution >= 0.6 is 11.3 Å². The average molecular weight is 268 g/mol. The van der Waals surface area contributed by atoms with E-state index >= 15 is 0 Å². The predicted octanol–water partition coefficient (Wildman–Crippen LogP) is 2.72. The number of hydrogen-bond donors (Lipinski definition) is 0. The lowest BCUT2D eigenvalue weighted by molar-refractivity contribution is 0.0594. The van der Waals surface area contributed by atoms with E-state index in [-0.39, 0.29) is 5.97 Å². The molecule has 1 atom stereocenters. The third-order valence-corrected chi connectivity index (χ3v) is 4.63. The minimum atomic E-state index is -0.338. The molecule has 0 N–H and O–H groups in total. The highest BCUT2D eigenvalue weighted by Crippen LogP contribution is 2.32. The third-order valence-electron chi connectivity index (χ3n) is 3.60. The zero-order chi connectivity index (χ0) is 13.3. The van der Waals surface area contributed by atoms with Crippen molar-refractivity contribution in [3.63, 3.8) is 0 Å². The van der Waals surface area contributed by atoms with E-state index in [0.717, 1.165) is 29.0 Å². The zero-order valence-corrected chi connectivity index (χ0v) is 12.2. The molecule has 1 aliphatic heterocycles. The van der Waals surface area contributed by atoms with Gasteiger partial charge in [-0.15, -0.1) is 11.3 Å². The van der Waals surface area contributed by atoms with Crippen molar-refractivity contribution in [2.24, 2.45) is 11.8 Å². The standard InChI is InChI=1S/C13H20N2O2S/c1-8(2)10-5-6-15(7-10)13-14-11(9(3)18-13)12(16)17-4/h8,10H,5-7H2,1-4H3. The Morgan fingerprint density at radius 1 is 1.56 bits per heavy atom. The van der Waals surface area contributed by atoms with Crippen LogP contribution in [0.1, 0.15) is 35.6 Å². The first-order chi connectivity index (χ1) is 8.52. The Hall–Kier alpha value is -1.10. The quantitative estimate of drug-likeness (QED) is 0.791. The van der Waals surface area contributed by atoms with Gasteiger partial charge in [0.25, 0.3) is 0 Å². The van der Waals surface area contributed by atoms with Crippen LogP contribution in [0.3, 0.4) is 0 Å². The number of aromatic nitrogens is 1. The van der Waals surface area contributed by atoms with Gasteiger partial charge in [0.2, 0.25) is 0 Å². The molecule has 100 valence electrons.